The minimum atomic E-state index is 0.243. The van der Waals surface area contributed by atoms with Crippen LogP contribution in [-0.2, 0) is 6.42 Å². The van der Waals surface area contributed by atoms with Crippen molar-refractivity contribution in [2.75, 3.05) is 0 Å². The van der Waals surface area contributed by atoms with E-state index < -0.39 is 0 Å². The monoisotopic (exact) mass is 252 g/mol. The van der Waals surface area contributed by atoms with Gasteiger partial charge in [-0.25, -0.2) is 0 Å². The fourth-order valence-corrected chi connectivity index (χ4v) is 2.09. The highest BCUT2D eigenvalue weighted by Gasteiger charge is 2.05. The van der Waals surface area contributed by atoms with Crippen LogP contribution in [0.2, 0.25) is 0 Å². The number of Topliss-reactive ketones (excluding diaryl/α,β-unsaturated/α-hetero) is 1. The largest absolute Gasteiger partial charge is 0.294 e. The number of aryl methyl sites for hydroxylation is 3. The van der Waals surface area contributed by atoms with E-state index in [2.05, 4.69) is 31.2 Å². The molecule has 2 rings (SSSR count). The van der Waals surface area contributed by atoms with Crippen LogP contribution in [0.3, 0.4) is 0 Å². The summed E-state index contributed by atoms with van der Waals surface area (Å²) in [5, 5.41) is 0. The molecule has 0 aliphatic rings. The van der Waals surface area contributed by atoms with Gasteiger partial charge in [-0.2, -0.15) is 0 Å². The Kier molecular flexibility index (Phi) is 4.51. The summed E-state index contributed by atoms with van der Waals surface area (Å²) in [7, 11) is 0. The maximum Gasteiger partial charge on any atom is 0.162 e. The minimum Gasteiger partial charge on any atom is -0.294 e. The molecule has 0 aliphatic carbocycles. The second-order valence-electron chi connectivity index (χ2n) is 5.13. The van der Waals surface area contributed by atoms with Crippen LogP contribution in [-0.4, -0.2) is 5.78 Å². The summed E-state index contributed by atoms with van der Waals surface area (Å²) >= 11 is 0. The minimum absolute atomic E-state index is 0.243. The lowest BCUT2D eigenvalue weighted by Crippen LogP contribution is -2.00. The van der Waals surface area contributed by atoms with Crippen molar-refractivity contribution in [3.63, 3.8) is 0 Å². The van der Waals surface area contributed by atoms with Gasteiger partial charge in [0.25, 0.3) is 0 Å². The number of hydrogen-bond acceptors (Lipinski definition) is 1. The molecular weight excluding hydrogens is 232 g/mol. The molecule has 98 valence electrons. The van der Waals surface area contributed by atoms with Crippen LogP contribution in [0.5, 0.6) is 0 Å². The van der Waals surface area contributed by atoms with Gasteiger partial charge in [-0.3, -0.25) is 4.79 Å². The third-order valence-electron chi connectivity index (χ3n) is 3.36. The lowest BCUT2D eigenvalue weighted by Gasteiger charge is -2.03. The van der Waals surface area contributed by atoms with E-state index >= 15 is 0 Å². The summed E-state index contributed by atoms with van der Waals surface area (Å²) in [5.41, 5.74) is 4.60. The molecule has 0 heterocycles. The van der Waals surface area contributed by atoms with Crippen LogP contribution >= 0.6 is 0 Å². The Hall–Kier alpha value is -1.89. The maximum absolute atomic E-state index is 12.0. The van der Waals surface area contributed by atoms with Crippen LogP contribution in [0, 0.1) is 13.8 Å². The van der Waals surface area contributed by atoms with Crippen molar-refractivity contribution < 1.29 is 4.79 Å². The molecule has 0 fully saturated rings. The Bertz CT molecular complexity index is 535. The second kappa shape index (κ2) is 6.33. The molecule has 1 nitrogen and oxygen atoms in total. The Morgan fingerprint density at radius 1 is 0.842 bits per heavy atom. The molecule has 0 saturated carbocycles. The normalized spacial score (nSPS) is 10.4. The van der Waals surface area contributed by atoms with E-state index in [1.165, 1.54) is 16.7 Å². The van der Waals surface area contributed by atoms with E-state index in [0.29, 0.717) is 6.42 Å². The van der Waals surface area contributed by atoms with Gasteiger partial charge >= 0.3 is 0 Å². The third-order valence-corrected chi connectivity index (χ3v) is 3.36. The standard InChI is InChI=1S/C18H20O/c1-14-6-10-16(11-7-14)4-3-5-18(19)17-12-8-15(2)9-13-17/h6-13H,3-5H2,1-2H3. The first-order valence-electron chi connectivity index (χ1n) is 6.80. The predicted molar refractivity (Wildman–Crippen MR) is 79.6 cm³/mol. The first-order valence-corrected chi connectivity index (χ1v) is 6.80. The molecule has 0 aliphatic heterocycles. The summed E-state index contributed by atoms with van der Waals surface area (Å²) in [6.45, 7) is 4.12. The number of rotatable bonds is 5. The lowest BCUT2D eigenvalue weighted by molar-refractivity contribution is 0.0980. The van der Waals surface area contributed by atoms with Crippen molar-refractivity contribution in [3.8, 4) is 0 Å². The van der Waals surface area contributed by atoms with E-state index in [4.69, 9.17) is 0 Å². The highest BCUT2D eigenvalue weighted by atomic mass is 16.1. The Morgan fingerprint density at radius 3 is 1.95 bits per heavy atom. The van der Waals surface area contributed by atoms with E-state index in [-0.39, 0.29) is 5.78 Å². The van der Waals surface area contributed by atoms with Crippen molar-refractivity contribution in [1.82, 2.24) is 0 Å². The molecule has 0 aromatic heterocycles. The summed E-state index contributed by atoms with van der Waals surface area (Å²) < 4.78 is 0. The lowest BCUT2D eigenvalue weighted by atomic mass is 10.0. The van der Waals surface area contributed by atoms with E-state index in [1.54, 1.807) is 0 Å². The van der Waals surface area contributed by atoms with Gasteiger partial charge in [0.15, 0.2) is 5.78 Å². The van der Waals surface area contributed by atoms with Crippen LogP contribution < -0.4 is 0 Å². The SMILES string of the molecule is Cc1ccc(CCCC(=O)c2ccc(C)cc2)cc1. The van der Waals surface area contributed by atoms with Crippen molar-refractivity contribution >= 4 is 5.78 Å². The van der Waals surface area contributed by atoms with Crippen LogP contribution in [0.4, 0.5) is 0 Å². The highest BCUT2D eigenvalue weighted by Crippen LogP contribution is 2.11. The summed E-state index contributed by atoms with van der Waals surface area (Å²) in [4.78, 5) is 12.0. The molecule has 0 atom stereocenters. The molecule has 0 bridgehead atoms. The fraction of sp³-hybridized carbons (Fsp3) is 0.278. The molecule has 2 aromatic carbocycles. The maximum atomic E-state index is 12.0. The van der Waals surface area contributed by atoms with Gasteiger partial charge < -0.3 is 0 Å². The highest BCUT2D eigenvalue weighted by molar-refractivity contribution is 5.96. The fourth-order valence-electron chi connectivity index (χ4n) is 2.09. The van der Waals surface area contributed by atoms with Gasteiger partial charge in [0.1, 0.15) is 0 Å². The first-order chi connectivity index (χ1) is 9.15. The van der Waals surface area contributed by atoms with E-state index in [9.17, 15) is 4.79 Å². The molecule has 1 heteroatoms. The van der Waals surface area contributed by atoms with Crippen LogP contribution in [0.1, 0.15) is 39.9 Å². The zero-order chi connectivity index (χ0) is 13.7. The van der Waals surface area contributed by atoms with Gasteiger partial charge in [-0.15, -0.1) is 0 Å². The average molecular weight is 252 g/mol. The van der Waals surface area contributed by atoms with Gasteiger partial charge in [0.05, 0.1) is 0 Å². The molecule has 2 aromatic rings. The molecule has 0 saturated heterocycles. The Labute approximate surface area is 115 Å². The zero-order valence-corrected chi connectivity index (χ0v) is 11.6. The van der Waals surface area contributed by atoms with Crippen molar-refractivity contribution in [2.24, 2.45) is 0 Å². The van der Waals surface area contributed by atoms with Gasteiger partial charge in [-0.05, 0) is 32.3 Å². The van der Waals surface area contributed by atoms with Crippen LogP contribution in [0.15, 0.2) is 48.5 Å². The van der Waals surface area contributed by atoms with Gasteiger partial charge in [0.2, 0.25) is 0 Å². The topological polar surface area (TPSA) is 17.1 Å². The predicted octanol–water partition coefficient (Wildman–Crippen LogP) is 4.51. The van der Waals surface area contributed by atoms with E-state index in [1.807, 2.05) is 31.2 Å². The third kappa shape index (κ3) is 4.06. The summed E-state index contributed by atoms with van der Waals surface area (Å²) in [6.07, 6.45) is 2.50. The van der Waals surface area contributed by atoms with Crippen molar-refractivity contribution in [3.05, 3.63) is 70.8 Å². The van der Waals surface area contributed by atoms with Crippen molar-refractivity contribution in [1.29, 1.82) is 0 Å². The molecule has 0 N–H and O–H groups in total. The number of hydrogen-bond donors (Lipinski definition) is 0. The van der Waals surface area contributed by atoms with Gasteiger partial charge in [0, 0.05) is 12.0 Å². The number of benzene rings is 2. The van der Waals surface area contributed by atoms with E-state index in [0.717, 1.165) is 18.4 Å². The molecule has 0 amide bonds. The molecule has 19 heavy (non-hydrogen) atoms. The van der Waals surface area contributed by atoms with Crippen LogP contribution in [0.25, 0.3) is 0 Å². The second-order valence-corrected chi connectivity index (χ2v) is 5.13. The Balaban J connectivity index is 1.84. The summed E-state index contributed by atoms with van der Waals surface area (Å²) in [6, 6.07) is 16.4. The molecular formula is C18H20O. The number of carbonyl (C=O) groups excluding carboxylic acids is 1. The molecule has 0 unspecified atom stereocenters. The first kappa shape index (κ1) is 13.5. The number of ketones is 1. The summed E-state index contributed by atoms with van der Waals surface area (Å²) in [5.74, 6) is 0.243. The zero-order valence-electron chi connectivity index (χ0n) is 11.6. The Morgan fingerprint density at radius 2 is 1.37 bits per heavy atom. The van der Waals surface area contributed by atoms with Gasteiger partial charge in [-0.1, -0.05) is 59.7 Å². The quantitative estimate of drug-likeness (QED) is 0.716. The smallest absolute Gasteiger partial charge is 0.162 e. The van der Waals surface area contributed by atoms with Crippen molar-refractivity contribution in [2.45, 2.75) is 33.1 Å². The number of carbonyl (C=O) groups is 1. The molecule has 0 radical (unpaired) electrons. The molecule has 0 spiro atoms. The average Bonchev–Trinajstić information content (AvgIpc) is 2.41.